The van der Waals surface area contributed by atoms with Crippen molar-refractivity contribution in [3.63, 3.8) is 0 Å². The van der Waals surface area contributed by atoms with Crippen molar-refractivity contribution < 1.29 is 38.5 Å². The summed E-state index contributed by atoms with van der Waals surface area (Å²) in [4.78, 5) is 52.9. The third-order valence-corrected chi connectivity index (χ3v) is 11.0. The standard InChI is InChI=1S/C26H24O4.C25H22O4/c1-17(2)19-13-14-22(23(15-19)30-16-18-9-5-4-6-10-18)26(29-3)24(27)20-11-7-8-12-21(20)25(26)28;1-16(2)18-12-13-21(22(14-18)29-15-17-8-4-3-5-9-17)25(28)23(26)19-10-6-7-11-20(19)24(25)27/h4-15,17H,16H2,1-3H3;3-14,16,28H,15H2,1-2H3. The number of carbonyl (C=O) groups excluding carboxylic acids is 4. The second kappa shape index (κ2) is 16.8. The minimum atomic E-state index is -2.27. The molecule has 1 N–H and O–H groups in total. The van der Waals surface area contributed by atoms with Gasteiger partial charge in [-0.25, -0.2) is 0 Å². The second-order valence-corrected chi connectivity index (χ2v) is 15.4. The number of hydrogen-bond acceptors (Lipinski definition) is 8. The van der Waals surface area contributed by atoms with E-state index in [-0.39, 0.29) is 46.7 Å². The van der Waals surface area contributed by atoms with Crippen LogP contribution < -0.4 is 9.47 Å². The summed E-state index contributed by atoms with van der Waals surface area (Å²) >= 11 is 0. The highest BCUT2D eigenvalue weighted by atomic mass is 16.5. The molecule has 0 amide bonds. The summed E-state index contributed by atoms with van der Waals surface area (Å²) in [6, 6.07) is 43.7. The van der Waals surface area contributed by atoms with Gasteiger partial charge < -0.3 is 19.3 Å². The molecule has 0 aliphatic heterocycles. The molecule has 0 heterocycles. The highest BCUT2D eigenvalue weighted by Crippen LogP contribution is 2.45. The van der Waals surface area contributed by atoms with E-state index in [1.165, 1.54) is 7.11 Å². The number of aliphatic hydroxyl groups is 1. The number of ether oxygens (including phenoxy) is 3. The van der Waals surface area contributed by atoms with Crippen molar-refractivity contribution >= 4 is 23.1 Å². The molecule has 8 rings (SSSR count). The number of rotatable bonds is 11. The molecule has 0 atom stereocenters. The van der Waals surface area contributed by atoms with Gasteiger partial charge in [-0.3, -0.25) is 19.2 Å². The molecule has 0 unspecified atom stereocenters. The number of methoxy groups -OCH3 is 1. The Bertz CT molecular complexity index is 2470. The zero-order chi connectivity index (χ0) is 41.9. The lowest BCUT2D eigenvalue weighted by atomic mass is 9.86. The largest absolute Gasteiger partial charge is 0.488 e. The van der Waals surface area contributed by atoms with E-state index >= 15 is 0 Å². The van der Waals surface area contributed by atoms with Crippen LogP contribution in [-0.2, 0) is 29.2 Å². The minimum Gasteiger partial charge on any atom is -0.488 e. The van der Waals surface area contributed by atoms with E-state index in [0.717, 1.165) is 22.3 Å². The van der Waals surface area contributed by atoms with Crippen molar-refractivity contribution in [1.82, 2.24) is 0 Å². The van der Waals surface area contributed by atoms with Crippen LogP contribution in [0.4, 0.5) is 0 Å². The number of carbonyl (C=O) groups is 4. The highest BCUT2D eigenvalue weighted by Gasteiger charge is 2.57. The predicted molar refractivity (Wildman–Crippen MR) is 225 cm³/mol. The van der Waals surface area contributed by atoms with Crippen LogP contribution >= 0.6 is 0 Å². The molecule has 0 radical (unpaired) electrons. The van der Waals surface area contributed by atoms with Gasteiger partial charge in [0.15, 0.2) is 0 Å². The van der Waals surface area contributed by atoms with Crippen LogP contribution in [0.5, 0.6) is 11.5 Å². The van der Waals surface area contributed by atoms with E-state index in [4.69, 9.17) is 14.2 Å². The molecule has 0 fully saturated rings. The van der Waals surface area contributed by atoms with E-state index < -0.39 is 22.8 Å². The molecule has 0 aromatic heterocycles. The first kappa shape index (κ1) is 40.7. The van der Waals surface area contributed by atoms with Crippen molar-refractivity contribution in [3.8, 4) is 11.5 Å². The number of benzene rings is 6. The Morgan fingerprint density at radius 2 is 0.831 bits per heavy atom. The first-order valence-corrected chi connectivity index (χ1v) is 19.7. The van der Waals surface area contributed by atoms with Crippen LogP contribution in [0, 0.1) is 0 Å². The summed E-state index contributed by atoms with van der Waals surface area (Å²) in [7, 11) is 1.40. The molecule has 2 aliphatic rings. The molecule has 2 aliphatic carbocycles. The molecule has 8 heteroatoms. The maximum Gasteiger partial charge on any atom is 0.222 e. The van der Waals surface area contributed by atoms with Crippen LogP contribution in [-0.4, -0.2) is 35.3 Å². The third-order valence-electron chi connectivity index (χ3n) is 11.0. The van der Waals surface area contributed by atoms with Crippen molar-refractivity contribution in [2.45, 2.75) is 63.9 Å². The summed E-state index contributed by atoms with van der Waals surface area (Å²) in [6.07, 6.45) is 0. The Labute approximate surface area is 344 Å². The van der Waals surface area contributed by atoms with E-state index in [1.807, 2.05) is 98.8 Å². The van der Waals surface area contributed by atoms with Crippen molar-refractivity contribution in [2.24, 2.45) is 0 Å². The molecule has 59 heavy (non-hydrogen) atoms. The zero-order valence-electron chi connectivity index (χ0n) is 33.7. The maximum atomic E-state index is 13.4. The van der Waals surface area contributed by atoms with Crippen LogP contribution in [0.3, 0.4) is 0 Å². The van der Waals surface area contributed by atoms with Crippen LogP contribution in [0.2, 0.25) is 0 Å². The van der Waals surface area contributed by atoms with Gasteiger partial charge in [0.2, 0.25) is 34.3 Å². The van der Waals surface area contributed by atoms with Gasteiger partial charge in [-0.1, -0.05) is 161 Å². The third kappa shape index (κ3) is 7.42. The Balaban J connectivity index is 0.000000179. The van der Waals surface area contributed by atoms with Gasteiger partial charge >= 0.3 is 0 Å². The molecule has 0 saturated carbocycles. The Morgan fingerprint density at radius 1 is 0.475 bits per heavy atom. The van der Waals surface area contributed by atoms with Gasteiger partial charge in [-0.2, -0.15) is 0 Å². The van der Waals surface area contributed by atoms with Crippen LogP contribution in [0.15, 0.2) is 146 Å². The molecule has 0 bridgehead atoms. The lowest BCUT2D eigenvalue weighted by Gasteiger charge is -2.27. The summed E-state index contributed by atoms with van der Waals surface area (Å²) in [5, 5.41) is 11.3. The Kier molecular flexibility index (Phi) is 11.6. The summed E-state index contributed by atoms with van der Waals surface area (Å²) in [6.45, 7) is 8.86. The topological polar surface area (TPSA) is 116 Å². The second-order valence-electron chi connectivity index (χ2n) is 15.4. The zero-order valence-corrected chi connectivity index (χ0v) is 33.7. The van der Waals surface area contributed by atoms with Crippen molar-refractivity contribution in [1.29, 1.82) is 0 Å². The summed E-state index contributed by atoms with van der Waals surface area (Å²) < 4.78 is 17.9. The van der Waals surface area contributed by atoms with E-state index in [1.54, 1.807) is 60.7 Å². The fourth-order valence-electron chi connectivity index (χ4n) is 7.61. The smallest absolute Gasteiger partial charge is 0.222 e. The molecule has 0 saturated heterocycles. The monoisotopic (exact) mass is 786 g/mol. The van der Waals surface area contributed by atoms with Gasteiger partial charge in [-0.15, -0.1) is 0 Å². The average molecular weight is 787 g/mol. The molecule has 298 valence electrons. The molecule has 6 aromatic rings. The molecule has 6 aromatic carbocycles. The summed E-state index contributed by atoms with van der Waals surface area (Å²) in [5.41, 5.74) is 1.86. The molecule has 0 spiro atoms. The quantitative estimate of drug-likeness (QED) is 0.129. The maximum absolute atomic E-state index is 13.4. The van der Waals surface area contributed by atoms with Gasteiger partial charge in [0.1, 0.15) is 24.7 Å². The predicted octanol–water partition coefficient (Wildman–Crippen LogP) is 9.97. The lowest BCUT2D eigenvalue weighted by molar-refractivity contribution is 0.00885. The number of ketones is 4. The molecular weight excluding hydrogens is 741 g/mol. The fraction of sp³-hybridized carbons (Fsp3) is 0.216. The first-order chi connectivity index (χ1) is 28.4. The van der Waals surface area contributed by atoms with Crippen molar-refractivity contribution in [3.05, 3.63) is 201 Å². The van der Waals surface area contributed by atoms with Gasteiger partial charge in [0.25, 0.3) is 0 Å². The molecular formula is C51H46O8. The normalized spacial score (nSPS) is 14.8. The van der Waals surface area contributed by atoms with Crippen LogP contribution in [0.25, 0.3) is 0 Å². The Hall–Kier alpha value is -6.48. The number of Topliss-reactive ketones (excluding diaryl/α,β-unsaturated/α-hetero) is 4. The van der Waals surface area contributed by atoms with E-state index in [0.29, 0.717) is 34.8 Å². The van der Waals surface area contributed by atoms with E-state index in [2.05, 4.69) is 13.8 Å². The van der Waals surface area contributed by atoms with Crippen LogP contribution in [0.1, 0.15) is 114 Å². The molecule has 8 nitrogen and oxygen atoms in total. The minimum absolute atomic E-state index is 0.184. The average Bonchev–Trinajstić information content (AvgIpc) is 3.61. The Morgan fingerprint density at radius 3 is 1.22 bits per heavy atom. The van der Waals surface area contributed by atoms with Gasteiger partial charge in [0.05, 0.1) is 0 Å². The van der Waals surface area contributed by atoms with Gasteiger partial charge in [-0.05, 0) is 46.2 Å². The fourth-order valence-corrected chi connectivity index (χ4v) is 7.61. The lowest BCUT2D eigenvalue weighted by Crippen LogP contribution is -2.40. The summed E-state index contributed by atoms with van der Waals surface area (Å²) in [5.74, 6) is -0.605. The first-order valence-electron chi connectivity index (χ1n) is 19.7. The SMILES string of the molecule is CC(C)c1ccc(C2(O)C(=O)c3ccccc3C2=O)c(OCc2ccccc2)c1.COC1(c2ccc(C(C)C)cc2OCc2ccccc2)C(=O)c2ccccc2C1=O. The number of hydrogen-bond donors (Lipinski definition) is 1. The van der Waals surface area contributed by atoms with E-state index in [9.17, 15) is 24.3 Å². The van der Waals surface area contributed by atoms with Gasteiger partial charge in [0, 0.05) is 40.5 Å². The highest BCUT2D eigenvalue weighted by molar-refractivity contribution is 6.33. The number of fused-ring (bicyclic) bond motifs is 2. The van der Waals surface area contributed by atoms with Crippen molar-refractivity contribution in [2.75, 3.05) is 7.11 Å².